The normalized spacial score (nSPS) is 23.7. The van der Waals surface area contributed by atoms with Crippen molar-refractivity contribution in [1.82, 2.24) is 19.9 Å². The molecular weight excluding hydrogens is 384 g/mol. The third-order valence-corrected chi connectivity index (χ3v) is 7.64. The summed E-state index contributed by atoms with van der Waals surface area (Å²) in [5.74, 6) is 2.52. The first kappa shape index (κ1) is 18.8. The SMILES string of the molecule is CC(NC(=O)CCn1c2ccccc2c2nc3ccccc3nc21)C1CC2CCC1C2. The van der Waals surface area contributed by atoms with Crippen molar-refractivity contribution in [3.63, 3.8) is 0 Å². The Kier molecular flexibility index (Phi) is 4.44. The fourth-order valence-corrected chi connectivity index (χ4v) is 6.16. The second-order valence-corrected chi connectivity index (χ2v) is 9.50. The molecule has 0 saturated heterocycles. The molecule has 2 aliphatic carbocycles. The van der Waals surface area contributed by atoms with Crippen LogP contribution < -0.4 is 5.32 Å². The average molecular weight is 413 g/mol. The molecule has 4 atom stereocenters. The zero-order valence-electron chi connectivity index (χ0n) is 17.9. The summed E-state index contributed by atoms with van der Waals surface area (Å²) in [5, 5.41) is 4.40. The summed E-state index contributed by atoms with van der Waals surface area (Å²) in [4.78, 5) is 22.6. The van der Waals surface area contributed by atoms with Crippen molar-refractivity contribution in [1.29, 1.82) is 0 Å². The van der Waals surface area contributed by atoms with E-state index in [1.807, 2.05) is 36.4 Å². The maximum atomic E-state index is 12.8. The van der Waals surface area contributed by atoms with Gasteiger partial charge in [-0.2, -0.15) is 0 Å². The summed E-state index contributed by atoms with van der Waals surface area (Å²) in [7, 11) is 0. The largest absolute Gasteiger partial charge is 0.353 e. The van der Waals surface area contributed by atoms with E-state index in [1.165, 1.54) is 25.7 Å². The fraction of sp³-hybridized carbons (Fsp3) is 0.423. The first-order valence-electron chi connectivity index (χ1n) is 11.6. The van der Waals surface area contributed by atoms with Crippen LogP contribution in [0.25, 0.3) is 33.1 Å². The van der Waals surface area contributed by atoms with E-state index < -0.39 is 0 Å². The highest BCUT2D eigenvalue weighted by Crippen LogP contribution is 2.49. The van der Waals surface area contributed by atoms with Crippen molar-refractivity contribution in [2.24, 2.45) is 17.8 Å². The second-order valence-electron chi connectivity index (χ2n) is 9.50. The summed E-state index contributed by atoms with van der Waals surface area (Å²) in [6.07, 6.45) is 5.86. The van der Waals surface area contributed by atoms with Gasteiger partial charge in [0.2, 0.25) is 5.91 Å². The molecule has 4 aromatic rings. The van der Waals surface area contributed by atoms with E-state index in [0.717, 1.165) is 44.9 Å². The zero-order valence-corrected chi connectivity index (χ0v) is 17.9. The number of benzene rings is 2. The highest BCUT2D eigenvalue weighted by molar-refractivity contribution is 6.06. The van der Waals surface area contributed by atoms with Gasteiger partial charge in [0.25, 0.3) is 0 Å². The molecule has 2 bridgehead atoms. The van der Waals surface area contributed by atoms with Gasteiger partial charge in [0, 0.05) is 24.4 Å². The second kappa shape index (κ2) is 7.33. The molecule has 2 saturated carbocycles. The van der Waals surface area contributed by atoms with Crippen molar-refractivity contribution >= 4 is 39.0 Å². The lowest BCUT2D eigenvalue weighted by Crippen LogP contribution is -2.40. The quantitative estimate of drug-likeness (QED) is 0.498. The number of hydrogen-bond acceptors (Lipinski definition) is 3. The van der Waals surface area contributed by atoms with Crippen molar-refractivity contribution in [3.05, 3.63) is 48.5 Å². The van der Waals surface area contributed by atoms with Crippen LogP contribution >= 0.6 is 0 Å². The molecule has 2 aliphatic rings. The molecule has 1 N–H and O–H groups in total. The number of nitrogens with one attached hydrogen (secondary N) is 1. The van der Waals surface area contributed by atoms with Gasteiger partial charge in [0.15, 0.2) is 5.65 Å². The maximum absolute atomic E-state index is 12.8. The van der Waals surface area contributed by atoms with Crippen LogP contribution in [-0.4, -0.2) is 26.5 Å². The standard InChI is InChI=1S/C26H28N4O/c1-16(20-15-17-10-11-18(20)14-17)27-24(31)12-13-30-23-9-5-2-6-19(23)25-26(30)29-22-8-4-3-7-21(22)28-25/h2-9,16-18,20H,10-15H2,1H3,(H,27,31). The Bertz CT molecular complexity index is 1290. The van der Waals surface area contributed by atoms with Crippen molar-refractivity contribution in [2.75, 3.05) is 0 Å². The fourth-order valence-electron chi connectivity index (χ4n) is 6.16. The average Bonchev–Trinajstić information content (AvgIpc) is 3.50. The van der Waals surface area contributed by atoms with Crippen LogP contribution in [-0.2, 0) is 11.3 Å². The molecular formula is C26H28N4O. The minimum Gasteiger partial charge on any atom is -0.353 e. The number of rotatable bonds is 5. The van der Waals surface area contributed by atoms with Crippen LogP contribution in [0.4, 0.5) is 0 Å². The molecule has 2 fully saturated rings. The maximum Gasteiger partial charge on any atom is 0.222 e. The Morgan fingerprint density at radius 1 is 1.06 bits per heavy atom. The van der Waals surface area contributed by atoms with Crippen molar-refractivity contribution in [2.45, 2.75) is 51.6 Å². The van der Waals surface area contributed by atoms with Gasteiger partial charge in [-0.15, -0.1) is 0 Å². The Hall–Kier alpha value is -2.95. The Balaban J connectivity index is 1.26. The van der Waals surface area contributed by atoms with Gasteiger partial charge < -0.3 is 9.88 Å². The number of hydrogen-bond donors (Lipinski definition) is 1. The molecule has 5 heteroatoms. The molecule has 2 heterocycles. The lowest BCUT2D eigenvalue weighted by Gasteiger charge is -2.28. The Labute approximate surface area is 181 Å². The molecule has 2 aromatic heterocycles. The number of fused-ring (bicyclic) bond motifs is 6. The van der Waals surface area contributed by atoms with E-state index in [9.17, 15) is 4.79 Å². The van der Waals surface area contributed by atoms with Crippen LogP contribution in [0.15, 0.2) is 48.5 Å². The van der Waals surface area contributed by atoms with E-state index in [4.69, 9.17) is 9.97 Å². The number of aryl methyl sites for hydroxylation is 1. The minimum atomic E-state index is 0.134. The number of amides is 1. The van der Waals surface area contributed by atoms with Crippen LogP contribution in [0.2, 0.25) is 0 Å². The molecule has 0 spiro atoms. The van der Waals surface area contributed by atoms with Crippen molar-refractivity contribution in [3.8, 4) is 0 Å². The van der Waals surface area contributed by atoms with Crippen molar-refractivity contribution < 1.29 is 4.79 Å². The topological polar surface area (TPSA) is 59.8 Å². The highest BCUT2D eigenvalue weighted by atomic mass is 16.1. The van der Waals surface area contributed by atoms with Crippen LogP contribution in [0.3, 0.4) is 0 Å². The predicted molar refractivity (Wildman–Crippen MR) is 124 cm³/mol. The zero-order chi connectivity index (χ0) is 20.9. The first-order chi connectivity index (χ1) is 15.2. The lowest BCUT2D eigenvalue weighted by molar-refractivity contribution is -0.122. The monoisotopic (exact) mass is 412 g/mol. The van der Waals surface area contributed by atoms with E-state index in [-0.39, 0.29) is 11.9 Å². The predicted octanol–water partition coefficient (Wildman–Crippen LogP) is 5.07. The van der Waals surface area contributed by atoms with E-state index in [2.05, 4.69) is 28.9 Å². The molecule has 4 unspecified atom stereocenters. The first-order valence-corrected chi connectivity index (χ1v) is 11.6. The van der Waals surface area contributed by atoms with Gasteiger partial charge in [-0.1, -0.05) is 36.8 Å². The number of para-hydroxylation sites is 3. The van der Waals surface area contributed by atoms with Gasteiger partial charge in [0.05, 0.1) is 16.6 Å². The smallest absolute Gasteiger partial charge is 0.222 e. The van der Waals surface area contributed by atoms with Crippen LogP contribution in [0.1, 0.15) is 39.0 Å². The van der Waals surface area contributed by atoms with E-state index >= 15 is 0 Å². The number of carbonyl (C=O) groups is 1. The Morgan fingerprint density at radius 3 is 2.61 bits per heavy atom. The number of carbonyl (C=O) groups excluding carboxylic acids is 1. The Morgan fingerprint density at radius 2 is 1.84 bits per heavy atom. The minimum absolute atomic E-state index is 0.134. The number of aromatic nitrogens is 3. The molecule has 6 rings (SSSR count). The molecule has 31 heavy (non-hydrogen) atoms. The van der Waals surface area contributed by atoms with Gasteiger partial charge in [-0.3, -0.25) is 4.79 Å². The third kappa shape index (κ3) is 3.18. The van der Waals surface area contributed by atoms with Crippen LogP contribution in [0.5, 0.6) is 0 Å². The molecule has 2 aromatic carbocycles. The molecule has 0 radical (unpaired) electrons. The molecule has 1 amide bonds. The summed E-state index contributed by atoms with van der Waals surface area (Å²) in [5.41, 5.74) is 4.63. The van der Waals surface area contributed by atoms with Gasteiger partial charge in [-0.25, -0.2) is 9.97 Å². The summed E-state index contributed by atoms with van der Waals surface area (Å²) in [6.45, 7) is 2.80. The molecule has 158 valence electrons. The van der Waals surface area contributed by atoms with Gasteiger partial charge >= 0.3 is 0 Å². The molecule has 0 aliphatic heterocycles. The highest BCUT2D eigenvalue weighted by Gasteiger charge is 2.42. The summed E-state index contributed by atoms with van der Waals surface area (Å²) in [6, 6.07) is 16.5. The van der Waals surface area contributed by atoms with E-state index in [0.29, 0.717) is 18.9 Å². The third-order valence-electron chi connectivity index (χ3n) is 7.64. The van der Waals surface area contributed by atoms with Crippen LogP contribution in [0, 0.1) is 17.8 Å². The summed E-state index contributed by atoms with van der Waals surface area (Å²) < 4.78 is 2.16. The lowest BCUT2D eigenvalue weighted by atomic mass is 9.84. The van der Waals surface area contributed by atoms with Gasteiger partial charge in [0.1, 0.15) is 5.52 Å². The van der Waals surface area contributed by atoms with E-state index in [1.54, 1.807) is 0 Å². The van der Waals surface area contributed by atoms with Gasteiger partial charge in [-0.05, 0) is 62.1 Å². The summed E-state index contributed by atoms with van der Waals surface area (Å²) >= 11 is 0. The number of nitrogens with zero attached hydrogens (tertiary/aromatic N) is 3. The molecule has 5 nitrogen and oxygen atoms in total.